The van der Waals surface area contributed by atoms with Gasteiger partial charge in [-0.3, -0.25) is 0 Å². The van der Waals surface area contributed by atoms with Crippen molar-refractivity contribution in [2.75, 3.05) is 18.4 Å². The Labute approximate surface area is 100 Å². The van der Waals surface area contributed by atoms with E-state index in [4.69, 9.17) is 0 Å². The lowest BCUT2D eigenvalue weighted by Gasteiger charge is -2.23. The standard InChI is InChI=1S/C12H17N5/c1-9-3-6-17-10(7-9)14-11(16-17)15-12(2)4-5-13-8-12/h3,6-7,13H,4-5,8H2,1-2H3,(H,15,16). The first-order valence-electron chi connectivity index (χ1n) is 5.97. The molecular formula is C12H17N5. The van der Waals surface area contributed by atoms with Crippen molar-refractivity contribution < 1.29 is 0 Å². The number of nitrogens with zero attached hydrogens (tertiary/aromatic N) is 3. The normalized spacial score (nSPS) is 24.4. The second kappa shape index (κ2) is 3.70. The SMILES string of the molecule is Cc1ccn2nc(NC3(C)CCNC3)nc2c1. The first-order chi connectivity index (χ1) is 8.15. The molecular weight excluding hydrogens is 214 g/mol. The molecule has 5 nitrogen and oxygen atoms in total. The molecule has 90 valence electrons. The van der Waals surface area contributed by atoms with Gasteiger partial charge in [0.25, 0.3) is 0 Å². The van der Waals surface area contributed by atoms with Crippen LogP contribution in [0.25, 0.3) is 5.65 Å². The maximum absolute atomic E-state index is 4.50. The number of pyridine rings is 1. The van der Waals surface area contributed by atoms with Gasteiger partial charge in [-0.15, -0.1) is 5.10 Å². The van der Waals surface area contributed by atoms with Crippen LogP contribution in [0, 0.1) is 6.92 Å². The summed E-state index contributed by atoms with van der Waals surface area (Å²) in [5, 5.41) is 11.2. The van der Waals surface area contributed by atoms with Crippen molar-refractivity contribution in [3.05, 3.63) is 23.9 Å². The Bertz CT molecular complexity index is 539. The minimum atomic E-state index is 0.0694. The Balaban J connectivity index is 1.90. The van der Waals surface area contributed by atoms with E-state index >= 15 is 0 Å². The quantitative estimate of drug-likeness (QED) is 0.815. The van der Waals surface area contributed by atoms with Crippen LogP contribution in [0.15, 0.2) is 18.3 Å². The van der Waals surface area contributed by atoms with E-state index in [-0.39, 0.29) is 5.54 Å². The number of aromatic nitrogens is 3. The van der Waals surface area contributed by atoms with Gasteiger partial charge in [-0.25, -0.2) is 4.52 Å². The Kier molecular flexibility index (Phi) is 2.29. The predicted octanol–water partition coefficient (Wildman–Crippen LogP) is 1.20. The minimum Gasteiger partial charge on any atom is -0.346 e. The molecule has 3 rings (SSSR count). The number of rotatable bonds is 2. The summed E-state index contributed by atoms with van der Waals surface area (Å²) in [6, 6.07) is 4.07. The van der Waals surface area contributed by atoms with Crippen LogP contribution in [0.3, 0.4) is 0 Å². The molecule has 0 bridgehead atoms. The average Bonchev–Trinajstić information content (AvgIpc) is 2.84. The summed E-state index contributed by atoms with van der Waals surface area (Å²) >= 11 is 0. The summed E-state index contributed by atoms with van der Waals surface area (Å²) in [6.07, 6.45) is 3.04. The van der Waals surface area contributed by atoms with Gasteiger partial charge < -0.3 is 10.6 Å². The Hall–Kier alpha value is -1.62. The van der Waals surface area contributed by atoms with Crippen molar-refractivity contribution in [3.8, 4) is 0 Å². The predicted molar refractivity (Wildman–Crippen MR) is 67.2 cm³/mol. The maximum Gasteiger partial charge on any atom is 0.243 e. The molecule has 0 aliphatic carbocycles. The number of aryl methyl sites for hydroxylation is 1. The largest absolute Gasteiger partial charge is 0.346 e. The van der Waals surface area contributed by atoms with Crippen LogP contribution in [-0.2, 0) is 0 Å². The van der Waals surface area contributed by atoms with Gasteiger partial charge in [-0.1, -0.05) is 0 Å². The Morgan fingerprint density at radius 2 is 2.41 bits per heavy atom. The highest BCUT2D eigenvalue weighted by Crippen LogP contribution is 2.19. The van der Waals surface area contributed by atoms with Crippen LogP contribution < -0.4 is 10.6 Å². The van der Waals surface area contributed by atoms with Crippen molar-refractivity contribution in [2.45, 2.75) is 25.8 Å². The Morgan fingerprint density at radius 1 is 1.53 bits per heavy atom. The summed E-state index contributed by atoms with van der Waals surface area (Å²) < 4.78 is 1.81. The van der Waals surface area contributed by atoms with Gasteiger partial charge in [-0.2, -0.15) is 4.98 Å². The van der Waals surface area contributed by atoms with E-state index in [9.17, 15) is 0 Å². The number of hydrogen-bond donors (Lipinski definition) is 2. The van der Waals surface area contributed by atoms with Crippen LogP contribution in [0.2, 0.25) is 0 Å². The van der Waals surface area contributed by atoms with Crippen molar-refractivity contribution in [2.24, 2.45) is 0 Å². The highest BCUT2D eigenvalue weighted by molar-refractivity contribution is 5.46. The zero-order valence-corrected chi connectivity index (χ0v) is 10.2. The molecule has 2 N–H and O–H groups in total. The lowest BCUT2D eigenvalue weighted by molar-refractivity contribution is 0.561. The minimum absolute atomic E-state index is 0.0694. The van der Waals surface area contributed by atoms with Gasteiger partial charge in [0.15, 0.2) is 5.65 Å². The third-order valence-electron chi connectivity index (χ3n) is 3.28. The van der Waals surface area contributed by atoms with E-state index < -0.39 is 0 Å². The molecule has 2 aromatic rings. The molecule has 1 atom stereocenters. The summed E-state index contributed by atoms with van der Waals surface area (Å²) in [6.45, 7) is 6.27. The number of hydrogen-bond acceptors (Lipinski definition) is 4. The molecule has 1 saturated heterocycles. The number of nitrogens with one attached hydrogen (secondary N) is 2. The Morgan fingerprint density at radius 3 is 3.18 bits per heavy atom. The van der Waals surface area contributed by atoms with Gasteiger partial charge in [0.2, 0.25) is 5.95 Å². The summed E-state index contributed by atoms with van der Waals surface area (Å²) in [5.41, 5.74) is 2.16. The molecule has 2 aromatic heterocycles. The van der Waals surface area contributed by atoms with Crippen LogP contribution in [0.5, 0.6) is 0 Å². The van der Waals surface area contributed by atoms with Crippen molar-refractivity contribution in [3.63, 3.8) is 0 Å². The fourth-order valence-electron chi connectivity index (χ4n) is 2.23. The first-order valence-corrected chi connectivity index (χ1v) is 5.97. The summed E-state index contributed by atoms with van der Waals surface area (Å²) in [5.74, 6) is 0.710. The lowest BCUT2D eigenvalue weighted by Crippen LogP contribution is -2.37. The molecule has 0 spiro atoms. The van der Waals surface area contributed by atoms with E-state index in [0.29, 0.717) is 5.95 Å². The van der Waals surface area contributed by atoms with Crippen LogP contribution >= 0.6 is 0 Å². The van der Waals surface area contributed by atoms with Gasteiger partial charge >= 0.3 is 0 Å². The zero-order chi connectivity index (χ0) is 11.9. The van der Waals surface area contributed by atoms with E-state index in [2.05, 4.69) is 34.6 Å². The molecule has 3 heterocycles. The van der Waals surface area contributed by atoms with E-state index in [0.717, 1.165) is 25.2 Å². The average molecular weight is 231 g/mol. The molecule has 17 heavy (non-hydrogen) atoms. The fraction of sp³-hybridized carbons (Fsp3) is 0.500. The van der Waals surface area contributed by atoms with E-state index in [1.165, 1.54) is 5.56 Å². The third kappa shape index (κ3) is 1.98. The maximum atomic E-state index is 4.50. The van der Waals surface area contributed by atoms with Crippen molar-refractivity contribution in [1.29, 1.82) is 0 Å². The van der Waals surface area contributed by atoms with Gasteiger partial charge in [0.05, 0.1) is 5.54 Å². The highest BCUT2D eigenvalue weighted by atomic mass is 15.4. The molecule has 1 unspecified atom stereocenters. The second-order valence-electron chi connectivity index (χ2n) is 5.05. The summed E-state index contributed by atoms with van der Waals surface area (Å²) in [4.78, 5) is 4.50. The van der Waals surface area contributed by atoms with Crippen molar-refractivity contribution >= 4 is 11.6 Å². The van der Waals surface area contributed by atoms with Crippen LogP contribution in [0.4, 0.5) is 5.95 Å². The molecule has 1 fully saturated rings. The number of anilines is 1. The fourth-order valence-corrected chi connectivity index (χ4v) is 2.23. The van der Waals surface area contributed by atoms with E-state index in [1.54, 1.807) is 4.52 Å². The highest BCUT2D eigenvalue weighted by Gasteiger charge is 2.29. The monoisotopic (exact) mass is 231 g/mol. The molecule has 0 amide bonds. The molecule has 0 aromatic carbocycles. The second-order valence-corrected chi connectivity index (χ2v) is 5.05. The number of fused-ring (bicyclic) bond motifs is 1. The molecule has 5 heteroatoms. The molecule has 0 saturated carbocycles. The van der Waals surface area contributed by atoms with Gasteiger partial charge in [0, 0.05) is 12.7 Å². The molecule has 1 aliphatic heterocycles. The first kappa shape index (κ1) is 10.5. The van der Waals surface area contributed by atoms with Gasteiger partial charge in [0.1, 0.15) is 0 Å². The zero-order valence-electron chi connectivity index (χ0n) is 10.2. The smallest absolute Gasteiger partial charge is 0.243 e. The lowest BCUT2D eigenvalue weighted by atomic mass is 10.0. The summed E-state index contributed by atoms with van der Waals surface area (Å²) in [7, 11) is 0. The van der Waals surface area contributed by atoms with Gasteiger partial charge in [-0.05, 0) is 44.5 Å². The molecule has 1 aliphatic rings. The topological polar surface area (TPSA) is 54.2 Å². The third-order valence-corrected chi connectivity index (χ3v) is 3.28. The van der Waals surface area contributed by atoms with Crippen LogP contribution in [-0.4, -0.2) is 33.2 Å². The van der Waals surface area contributed by atoms with Crippen LogP contribution in [0.1, 0.15) is 18.9 Å². The molecule has 0 radical (unpaired) electrons. The van der Waals surface area contributed by atoms with Crippen molar-refractivity contribution in [1.82, 2.24) is 19.9 Å². The van der Waals surface area contributed by atoms with E-state index in [1.807, 2.05) is 18.3 Å².